The van der Waals surface area contributed by atoms with Gasteiger partial charge in [0.25, 0.3) is 5.91 Å². The second kappa shape index (κ2) is 7.99. The van der Waals surface area contributed by atoms with Gasteiger partial charge < -0.3 is 14.8 Å². The number of rotatable bonds is 5. The van der Waals surface area contributed by atoms with Crippen molar-refractivity contribution >= 4 is 12.0 Å². The molecule has 0 unspecified atom stereocenters. The van der Waals surface area contributed by atoms with Gasteiger partial charge in [0.05, 0.1) is 7.11 Å². The summed E-state index contributed by atoms with van der Waals surface area (Å²) in [6, 6.07) is 11.2. The highest BCUT2D eigenvalue weighted by Crippen LogP contribution is 2.35. The first-order valence-electron chi connectivity index (χ1n) is 8.00. The molecule has 1 aliphatic rings. The summed E-state index contributed by atoms with van der Waals surface area (Å²) >= 11 is 0. The van der Waals surface area contributed by atoms with E-state index in [1.54, 1.807) is 31.6 Å². The van der Waals surface area contributed by atoms with E-state index in [0.29, 0.717) is 18.0 Å². The normalized spacial score (nSPS) is 12.9. The van der Waals surface area contributed by atoms with E-state index in [0.717, 1.165) is 16.7 Å². The zero-order chi connectivity index (χ0) is 18.4. The van der Waals surface area contributed by atoms with Crippen molar-refractivity contribution in [2.75, 3.05) is 13.7 Å². The second-order valence-corrected chi connectivity index (χ2v) is 5.60. The minimum atomic E-state index is -0.436. The molecule has 1 N–H and O–H groups in total. The monoisotopic (exact) mass is 347 g/mol. The maximum absolute atomic E-state index is 12.3. The number of benzene rings is 1. The van der Waals surface area contributed by atoms with Crippen LogP contribution in [0.5, 0.6) is 11.5 Å². The van der Waals surface area contributed by atoms with Gasteiger partial charge in [0.1, 0.15) is 18.2 Å². The second-order valence-electron chi connectivity index (χ2n) is 5.60. The Balaban J connectivity index is 1.75. The molecule has 0 bridgehead atoms. The molecule has 0 fully saturated rings. The number of amides is 1. The van der Waals surface area contributed by atoms with Crippen LogP contribution in [-0.4, -0.2) is 24.6 Å². The molecule has 1 aromatic carbocycles. The maximum atomic E-state index is 12.3. The summed E-state index contributed by atoms with van der Waals surface area (Å²) in [7, 11) is 1.58. The van der Waals surface area contributed by atoms with E-state index in [9.17, 15) is 10.1 Å². The van der Waals surface area contributed by atoms with E-state index in [-0.39, 0.29) is 12.2 Å². The number of hydrogen-bond donors (Lipinski definition) is 1. The molecular formula is C20H17N3O3. The van der Waals surface area contributed by atoms with Gasteiger partial charge in [-0.05, 0) is 35.4 Å². The number of hydrogen-bond acceptors (Lipinski definition) is 5. The van der Waals surface area contributed by atoms with Crippen molar-refractivity contribution in [2.24, 2.45) is 0 Å². The van der Waals surface area contributed by atoms with Crippen molar-refractivity contribution in [1.29, 1.82) is 5.26 Å². The van der Waals surface area contributed by atoms with Gasteiger partial charge in [-0.25, -0.2) is 0 Å². The average molecular weight is 347 g/mol. The highest BCUT2D eigenvalue weighted by Gasteiger charge is 2.16. The first kappa shape index (κ1) is 17.2. The van der Waals surface area contributed by atoms with Crippen LogP contribution in [0.2, 0.25) is 0 Å². The maximum Gasteiger partial charge on any atom is 0.262 e. The van der Waals surface area contributed by atoms with Crippen LogP contribution in [0.15, 0.2) is 59.9 Å². The molecule has 2 aromatic rings. The number of carbonyl (C=O) groups is 1. The van der Waals surface area contributed by atoms with Crippen LogP contribution < -0.4 is 14.8 Å². The van der Waals surface area contributed by atoms with E-state index >= 15 is 0 Å². The molecule has 0 aliphatic carbocycles. The number of carbonyl (C=O) groups excluding carboxylic acids is 1. The molecule has 0 saturated carbocycles. The number of para-hydroxylation sites is 1. The lowest BCUT2D eigenvalue weighted by atomic mass is 10.0. The number of methoxy groups -OCH3 is 1. The Morgan fingerprint density at radius 2 is 2.31 bits per heavy atom. The SMILES string of the molecule is COc1cccc2c1OCC(/C=C(/C#N)C(=O)NCc1cccnc1)=C2. The fourth-order valence-electron chi connectivity index (χ4n) is 2.56. The summed E-state index contributed by atoms with van der Waals surface area (Å²) < 4.78 is 11.0. The van der Waals surface area contributed by atoms with Crippen LogP contribution >= 0.6 is 0 Å². The molecule has 1 amide bonds. The van der Waals surface area contributed by atoms with Gasteiger partial charge in [-0.3, -0.25) is 9.78 Å². The van der Waals surface area contributed by atoms with Gasteiger partial charge in [0.2, 0.25) is 0 Å². The smallest absolute Gasteiger partial charge is 0.262 e. The standard InChI is InChI=1S/C20H17N3O3/c1-25-18-6-2-5-16-8-15(13-26-19(16)18)9-17(10-21)20(24)23-12-14-4-3-7-22-11-14/h2-9,11H,12-13H2,1H3,(H,23,24)/b17-9-. The van der Waals surface area contributed by atoms with E-state index < -0.39 is 5.91 Å². The number of nitrogens with zero attached hydrogens (tertiary/aromatic N) is 2. The van der Waals surface area contributed by atoms with Gasteiger partial charge in [0.15, 0.2) is 11.5 Å². The van der Waals surface area contributed by atoms with E-state index in [2.05, 4.69) is 10.3 Å². The predicted molar refractivity (Wildman–Crippen MR) is 96.2 cm³/mol. The van der Waals surface area contributed by atoms with Gasteiger partial charge >= 0.3 is 0 Å². The number of ether oxygens (including phenoxy) is 2. The molecule has 1 aliphatic heterocycles. The minimum absolute atomic E-state index is 0.0232. The van der Waals surface area contributed by atoms with Crippen molar-refractivity contribution in [3.63, 3.8) is 0 Å². The third-order valence-corrected chi connectivity index (χ3v) is 3.82. The van der Waals surface area contributed by atoms with Crippen molar-refractivity contribution < 1.29 is 14.3 Å². The zero-order valence-electron chi connectivity index (χ0n) is 14.2. The number of aromatic nitrogens is 1. The third kappa shape index (κ3) is 3.90. The van der Waals surface area contributed by atoms with E-state index in [4.69, 9.17) is 9.47 Å². The quantitative estimate of drug-likeness (QED) is 0.664. The van der Waals surface area contributed by atoms with Crippen LogP contribution in [0.3, 0.4) is 0 Å². The molecule has 3 rings (SSSR count). The Morgan fingerprint density at radius 1 is 1.42 bits per heavy atom. The lowest BCUT2D eigenvalue weighted by Crippen LogP contribution is -2.24. The summed E-state index contributed by atoms with van der Waals surface area (Å²) in [4.78, 5) is 16.2. The molecule has 26 heavy (non-hydrogen) atoms. The molecule has 0 saturated heterocycles. The average Bonchev–Trinajstić information content (AvgIpc) is 2.70. The summed E-state index contributed by atoms with van der Waals surface area (Å²) in [6.07, 6.45) is 6.75. The number of nitriles is 1. The van der Waals surface area contributed by atoms with E-state index in [1.165, 1.54) is 0 Å². The molecule has 1 aromatic heterocycles. The molecule has 0 radical (unpaired) electrons. The van der Waals surface area contributed by atoms with Crippen LogP contribution in [0.25, 0.3) is 6.08 Å². The Morgan fingerprint density at radius 3 is 3.04 bits per heavy atom. The zero-order valence-corrected chi connectivity index (χ0v) is 14.2. The Kier molecular flexibility index (Phi) is 5.30. The van der Waals surface area contributed by atoms with Crippen LogP contribution in [0.1, 0.15) is 11.1 Å². The Labute approximate surface area is 151 Å². The number of fused-ring (bicyclic) bond motifs is 1. The fourth-order valence-corrected chi connectivity index (χ4v) is 2.56. The van der Waals surface area contributed by atoms with Crippen molar-refractivity contribution in [3.8, 4) is 17.6 Å². The van der Waals surface area contributed by atoms with Crippen molar-refractivity contribution in [1.82, 2.24) is 10.3 Å². The molecule has 6 nitrogen and oxygen atoms in total. The molecule has 6 heteroatoms. The molecule has 130 valence electrons. The van der Waals surface area contributed by atoms with Gasteiger partial charge in [-0.15, -0.1) is 0 Å². The summed E-state index contributed by atoms with van der Waals surface area (Å²) in [5.41, 5.74) is 2.46. The fraction of sp³-hybridized carbons (Fsp3) is 0.150. The third-order valence-electron chi connectivity index (χ3n) is 3.82. The Hall–Kier alpha value is -3.59. The minimum Gasteiger partial charge on any atom is -0.493 e. The lowest BCUT2D eigenvalue weighted by Gasteiger charge is -2.18. The summed E-state index contributed by atoms with van der Waals surface area (Å²) in [6.45, 7) is 0.565. The highest BCUT2D eigenvalue weighted by molar-refractivity contribution is 5.98. The number of nitrogens with one attached hydrogen (secondary N) is 1. The summed E-state index contributed by atoms with van der Waals surface area (Å²) in [5, 5.41) is 12.0. The first-order valence-corrected chi connectivity index (χ1v) is 8.00. The van der Waals surface area contributed by atoms with Crippen molar-refractivity contribution in [2.45, 2.75) is 6.54 Å². The summed E-state index contributed by atoms with van der Waals surface area (Å²) in [5.74, 6) is 0.872. The van der Waals surface area contributed by atoms with Crippen molar-refractivity contribution in [3.05, 3.63) is 71.1 Å². The molecular weight excluding hydrogens is 330 g/mol. The van der Waals surface area contributed by atoms with E-state index in [1.807, 2.05) is 36.4 Å². The predicted octanol–water partition coefficient (Wildman–Crippen LogP) is 2.63. The van der Waals surface area contributed by atoms with Crippen LogP contribution in [-0.2, 0) is 11.3 Å². The first-order chi connectivity index (χ1) is 12.7. The topological polar surface area (TPSA) is 84.2 Å². The lowest BCUT2D eigenvalue weighted by molar-refractivity contribution is -0.117. The van der Waals surface area contributed by atoms with Gasteiger partial charge in [-0.2, -0.15) is 5.26 Å². The van der Waals surface area contributed by atoms with Gasteiger partial charge in [0, 0.05) is 24.5 Å². The molecule has 0 spiro atoms. The van der Waals surface area contributed by atoms with Gasteiger partial charge in [-0.1, -0.05) is 18.2 Å². The van der Waals surface area contributed by atoms with Crippen LogP contribution in [0.4, 0.5) is 0 Å². The largest absolute Gasteiger partial charge is 0.493 e. The Bertz CT molecular complexity index is 912. The van der Waals surface area contributed by atoms with Crippen LogP contribution in [0, 0.1) is 11.3 Å². The number of pyridine rings is 1. The highest BCUT2D eigenvalue weighted by atomic mass is 16.5. The molecule has 2 heterocycles. The molecule has 0 atom stereocenters.